The average Bonchev–Trinajstić information content (AvgIpc) is 2.38. The summed E-state index contributed by atoms with van der Waals surface area (Å²) in [6.45, 7) is 6.24. The summed E-state index contributed by atoms with van der Waals surface area (Å²) < 4.78 is 32.7. The molecule has 2 N–H and O–H groups in total. The van der Waals surface area contributed by atoms with Crippen LogP contribution < -0.4 is 5.73 Å². The van der Waals surface area contributed by atoms with Gasteiger partial charge in [0.05, 0.1) is 11.6 Å². The largest absolute Gasteiger partial charge is 0.373 e. The summed E-state index contributed by atoms with van der Waals surface area (Å²) in [6, 6.07) is 2.67. The van der Waals surface area contributed by atoms with Crippen molar-refractivity contribution in [2.45, 2.75) is 45.3 Å². The zero-order chi connectivity index (χ0) is 13.8. The number of benzene rings is 1. The molecule has 1 aromatic rings. The van der Waals surface area contributed by atoms with Gasteiger partial charge in [-0.25, -0.2) is 8.78 Å². The monoisotopic (exact) mass is 257 g/mol. The molecule has 0 aliphatic rings. The van der Waals surface area contributed by atoms with Gasteiger partial charge in [0.25, 0.3) is 0 Å². The van der Waals surface area contributed by atoms with E-state index in [2.05, 4.69) is 0 Å². The van der Waals surface area contributed by atoms with Gasteiger partial charge in [0.2, 0.25) is 0 Å². The van der Waals surface area contributed by atoms with E-state index in [1.807, 2.05) is 20.8 Å². The van der Waals surface area contributed by atoms with E-state index in [1.165, 1.54) is 0 Å². The smallest absolute Gasteiger partial charge is 0.128 e. The molecule has 1 atom stereocenters. The summed E-state index contributed by atoms with van der Waals surface area (Å²) in [5.41, 5.74) is 5.64. The van der Waals surface area contributed by atoms with E-state index in [4.69, 9.17) is 10.5 Å². The number of halogens is 2. The van der Waals surface area contributed by atoms with Crippen LogP contribution in [0.3, 0.4) is 0 Å². The van der Waals surface area contributed by atoms with Crippen LogP contribution in [-0.2, 0) is 4.74 Å². The summed E-state index contributed by atoms with van der Waals surface area (Å²) in [6.07, 6.45) is 1.29. The Balaban J connectivity index is 3.16. The zero-order valence-electron chi connectivity index (χ0n) is 11.2. The van der Waals surface area contributed by atoms with Crippen molar-refractivity contribution in [2.24, 2.45) is 5.73 Å². The molecule has 0 aliphatic carbocycles. The molecule has 0 heterocycles. The van der Waals surface area contributed by atoms with Gasteiger partial charge in [0.15, 0.2) is 0 Å². The molecule has 4 heteroatoms. The van der Waals surface area contributed by atoms with Crippen LogP contribution in [0.4, 0.5) is 8.78 Å². The highest BCUT2D eigenvalue weighted by atomic mass is 19.1. The molecule has 1 rings (SSSR count). The first-order valence-electron chi connectivity index (χ1n) is 6.35. The second kappa shape index (κ2) is 6.25. The Morgan fingerprint density at radius 3 is 2.33 bits per heavy atom. The van der Waals surface area contributed by atoms with E-state index in [0.717, 1.165) is 18.2 Å². The van der Waals surface area contributed by atoms with E-state index in [9.17, 15) is 8.78 Å². The quantitative estimate of drug-likeness (QED) is 0.845. The summed E-state index contributed by atoms with van der Waals surface area (Å²) in [5.74, 6) is -0.977. The second-order valence-corrected chi connectivity index (χ2v) is 4.35. The van der Waals surface area contributed by atoms with Gasteiger partial charge in [-0.05, 0) is 38.0 Å². The molecule has 0 radical (unpaired) electrons. The van der Waals surface area contributed by atoms with Gasteiger partial charge in [0.1, 0.15) is 11.6 Å². The molecule has 102 valence electrons. The summed E-state index contributed by atoms with van der Waals surface area (Å²) in [5, 5.41) is 0. The molecule has 1 unspecified atom stereocenters. The van der Waals surface area contributed by atoms with Gasteiger partial charge < -0.3 is 10.5 Å². The molecular weight excluding hydrogens is 236 g/mol. The third-order valence-corrected chi connectivity index (χ3v) is 3.49. The number of hydrogen-bond donors (Lipinski definition) is 1. The van der Waals surface area contributed by atoms with Crippen LogP contribution in [0.5, 0.6) is 0 Å². The van der Waals surface area contributed by atoms with Gasteiger partial charge in [-0.3, -0.25) is 0 Å². The molecule has 0 amide bonds. The van der Waals surface area contributed by atoms with Gasteiger partial charge in [-0.15, -0.1) is 0 Å². The normalized spacial score (nSPS) is 13.7. The van der Waals surface area contributed by atoms with Crippen molar-refractivity contribution in [3.8, 4) is 0 Å². The fourth-order valence-electron chi connectivity index (χ4n) is 2.31. The average molecular weight is 257 g/mol. The van der Waals surface area contributed by atoms with Gasteiger partial charge in [0, 0.05) is 12.2 Å². The highest BCUT2D eigenvalue weighted by Gasteiger charge is 2.36. The summed E-state index contributed by atoms with van der Waals surface area (Å²) in [7, 11) is 0. The lowest BCUT2D eigenvalue weighted by Gasteiger charge is -2.37. The molecule has 0 aliphatic heterocycles. The molecule has 0 spiro atoms. The van der Waals surface area contributed by atoms with Crippen molar-refractivity contribution in [2.75, 3.05) is 6.61 Å². The predicted octanol–water partition coefficient (Wildman–Crippen LogP) is 3.56. The van der Waals surface area contributed by atoms with Crippen LogP contribution in [0.1, 0.15) is 45.2 Å². The number of nitrogens with two attached hydrogens (primary N) is 1. The number of hydrogen-bond acceptors (Lipinski definition) is 2. The Labute approximate surface area is 107 Å². The SMILES string of the molecule is CCOC(CC)(CC)C(N)c1cc(F)ccc1F. The van der Waals surface area contributed by atoms with Crippen molar-refractivity contribution < 1.29 is 13.5 Å². The second-order valence-electron chi connectivity index (χ2n) is 4.35. The minimum Gasteiger partial charge on any atom is -0.373 e. The summed E-state index contributed by atoms with van der Waals surface area (Å²) in [4.78, 5) is 0. The van der Waals surface area contributed by atoms with E-state index in [1.54, 1.807) is 0 Å². The molecule has 0 saturated carbocycles. The summed E-state index contributed by atoms with van der Waals surface area (Å²) >= 11 is 0. The molecule has 18 heavy (non-hydrogen) atoms. The van der Waals surface area contributed by atoms with Crippen molar-refractivity contribution in [1.29, 1.82) is 0 Å². The highest BCUT2D eigenvalue weighted by Crippen LogP contribution is 2.34. The maximum atomic E-state index is 13.8. The molecular formula is C14H21F2NO. The van der Waals surface area contributed by atoms with Crippen LogP contribution in [0.15, 0.2) is 18.2 Å². The Bertz CT molecular complexity index is 391. The Hall–Kier alpha value is -1.00. The van der Waals surface area contributed by atoms with Gasteiger partial charge >= 0.3 is 0 Å². The number of ether oxygens (including phenoxy) is 1. The first-order valence-corrected chi connectivity index (χ1v) is 6.35. The molecule has 2 nitrogen and oxygen atoms in total. The third kappa shape index (κ3) is 2.87. The van der Waals surface area contributed by atoms with Crippen LogP contribution in [0.2, 0.25) is 0 Å². The lowest BCUT2D eigenvalue weighted by Crippen LogP contribution is -2.43. The van der Waals surface area contributed by atoms with E-state index < -0.39 is 23.3 Å². The third-order valence-electron chi connectivity index (χ3n) is 3.49. The minimum atomic E-state index is -0.678. The van der Waals surface area contributed by atoms with Crippen LogP contribution >= 0.6 is 0 Å². The maximum Gasteiger partial charge on any atom is 0.128 e. The molecule has 1 aromatic carbocycles. The van der Waals surface area contributed by atoms with E-state index in [0.29, 0.717) is 19.4 Å². The van der Waals surface area contributed by atoms with Gasteiger partial charge in [-0.1, -0.05) is 13.8 Å². The van der Waals surface area contributed by atoms with Crippen molar-refractivity contribution in [3.05, 3.63) is 35.4 Å². The Morgan fingerprint density at radius 2 is 1.83 bits per heavy atom. The minimum absolute atomic E-state index is 0.173. The van der Waals surface area contributed by atoms with E-state index >= 15 is 0 Å². The lowest BCUT2D eigenvalue weighted by atomic mass is 9.84. The zero-order valence-corrected chi connectivity index (χ0v) is 11.2. The van der Waals surface area contributed by atoms with Crippen LogP contribution in [0.25, 0.3) is 0 Å². The lowest BCUT2D eigenvalue weighted by molar-refractivity contribution is -0.0652. The highest BCUT2D eigenvalue weighted by molar-refractivity contribution is 5.25. The number of rotatable bonds is 6. The Morgan fingerprint density at radius 1 is 1.22 bits per heavy atom. The molecule has 0 aromatic heterocycles. The van der Waals surface area contributed by atoms with E-state index in [-0.39, 0.29) is 5.56 Å². The van der Waals surface area contributed by atoms with Crippen LogP contribution in [-0.4, -0.2) is 12.2 Å². The first kappa shape index (κ1) is 15.1. The van der Waals surface area contributed by atoms with Gasteiger partial charge in [-0.2, -0.15) is 0 Å². The molecule has 0 saturated heterocycles. The Kier molecular flexibility index (Phi) is 5.23. The van der Waals surface area contributed by atoms with Crippen molar-refractivity contribution >= 4 is 0 Å². The predicted molar refractivity (Wildman–Crippen MR) is 68.2 cm³/mol. The van der Waals surface area contributed by atoms with Crippen LogP contribution in [0, 0.1) is 11.6 Å². The molecule has 0 fully saturated rings. The standard InChI is InChI=1S/C14H21F2NO/c1-4-14(5-2,18-6-3)13(17)11-9-10(15)7-8-12(11)16/h7-9,13H,4-6,17H2,1-3H3. The fraction of sp³-hybridized carbons (Fsp3) is 0.571. The molecule has 0 bridgehead atoms. The van der Waals surface area contributed by atoms with Crippen molar-refractivity contribution in [3.63, 3.8) is 0 Å². The fourth-order valence-corrected chi connectivity index (χ4v) is 2.31. The topological polar surface area (TPSA) is 35.2 Å². The maximum absolute atomic E-state index is 13.8. The first-order chi connectivity index (χ1) is 8.50. The van der Waals surface area contributed by atoms with Crippen molar-refractivity contribution in [1.82, 2.24) is 0 Å².